The average Bonchev–Trinajstić information content (AvgIpc) is 3.64. The molecule has 0 saturated carbocycles. The van der Waals surface area contributed by atoms with Crippen molar-refractivity contribution in [2.24, 2.45) is 0 Å². The van der Waals surface area contributed by atoms with E-state index in [0.29, 0.717) is 0 Å². The van der Waals surface area contributed by atoms with Crippen LogP contribution in [0.2, 0.25) is 0 Å². The van der Waals surface area contributed by atoms with Gasteiger partial charge in [-0.25, -0.2) is 0 Å². The van der Waals surface area contributed by atoms with Gasteiger partial charge < -0.3 is 9.97 Å². The molecule has 0 saturated heterocycles. The van der Waals surface area contributed by atoms with Crippen molar-refractivity contribution >= 4 is 77.2 Å². The Morgan fingerprint density at radius 2 is 0.974 bits per heavy atom. The zero-order valence-electron chi connectivity index (χ0n) is 23.0. The first-order valence-corrected chi connectivity index (χ1v) is 15.5. The van der Waals surface area contributed by atoms with Gasteiger partial charge in [-0.3, -0.25) is 9.97 Å². The maximum Gasteiger partial charge on any atom is 2.00 e. The topological polar surface area (TPSA) is 54.0 Å². The standard InChI is InChI=1S/C32H34Br2N4.Pd/c1-5-9-19-17-27-31-29(33)22(12-8-4)26(37-31)16-14-24-20(10-6-2)18-28(36-24)32-30(34)21(11-7-3)25(38-32)15-13-23(19)35-27;/h13-18H,5-12H2,1-4H3;/q-2;+2. The Morgan fingerprint density at radius 1 is 0.590 bits per heavy atom. The molecular formula is C32H34Br2N4Pd. The first kappa shape index (κ1) is 30.2. The van der Waals surface area contributed by atoms with Crippen LogP contribution in [-0.4, -0.2) is 9.97 Å². The van der Waals surface area contributed by atoms with Gasteiger partial charge in [0.2, 0.25) is 0 Å². The van der Waals surface area contributed by atoms with Crippen molar-refractivity contribution in [3.63, 3.8) is 0 Å². The van der Waals surface area contributed by atoms with Gasteiger partial charge in [0, 0.05) is 8.95 Å². The van der Waals surface area contributed by atoms with E-state index in [-0.39, 0.29) is 20.4 Å². The molecule has 7 heteroatoms. The molecule has 3 aromatic heterocycles. The van der Waals surface area contributed by atoms with E-state index < -0.39 is 0 Å². The van der Waals surface area contributed by atoms with Crippen LogP contribution >= 0.6 is 31.9 Å². The third-order valence-electron chi connectivity index (χ3n) is 7.11. The predicted octanol–water partition coefficient (Wildman–Crippen LogP) is 9.68. The smallest absolute Gasteiger partial charge is 0.655 e. The number of hydrogen-bond acceptors (Lipinski definition) is 2. The van der Waals surface area contributed by atoms with Gasteiger partial charge in [0.25, 0.3) is 0 Å². The monoisotopic (exact) mass is 738 g/mol. The molecule has 0 radical (unpaired) electrons. The number of allylic oxidation sites excluding steroid dienone is 2. The molecule has 0 amide bonds. The molecule has 2 aliphatic heterocycles. The normalized spacial score (nSPS) is 12.8. The summed E-state index contributed by atoms with van der Waals surface area (Å²) in [6.07, 6.45) is 12.5. The van der Waals surface area contributed by atoms with Crippen LogP contribution in [0, 0.1) is 0 Å². The molecular weight excluding hydrogens is 707 g/mol. The maximum absolute atomic E-state index is 5.10. The molecule has 0 N–H and O–H groups in total. The zero-order valence-corrected chi connectivity index (χ0v) is 27.7. The van der Waals surface area contributed by atoms with E-state index in [2.05, 4.69) is 96.0 Å². The first-order chi connectivity index (χ1) is 18.5. The third-order valence-corrected chi connectivity index (χ3v) is 8.82. The second-order valence-electron chi connectivity index (χ2n) is 10.0. The minimum absolute atomic E-state index is 0. The Hall–Kier alpha value is -1.78. The number of rotatable bonds is 8. The fourth-order valence-corrected chi connectivity index (χ4v) is 6.69. The van der Waals surface area contributed by atoms with E-state index in [1.54, 1.807) is 0 Å². The summed E-state index contributed by atoms with van der Waals surface area (Å²) in [5.74, 6) is 0. The zero-order chi connectivity index (χ0) is 26.8. The van der Waals surface area contributed by atoms with Gasteiger partial charge in [0.15, 0.2) is 0 Å². The summed E-state index contributed by atoms with van der Waals surface area (Å²) in [6, 6.07) is 8.53. The Labute approximate surface area is 262 Å². The molecule has 0 aromatic carbocycles. The predicted molar refractivity (Wildman–Crippen MR) is 168 cm³/mol. The quantitative estimate of drug-likeness (QED) is 0.216. The summed E-state index contributed by atoms with van der Waals surface area (Å²) < 4.78 is 2.11. The SMILES string of the molecule is CCCC1=Cc2nc1ccc1[n-]c(c3nc(ccc4[n-]c2c(Br)c4CCC)C(CCC)=C3)c(Br)c1CCC.[Pd+2]. The molecule has 2 aliphatic rings. The molecule has 5 rings (SSSR count). The number of halogens is 2. The second kappa shape index (κ2) is 13.3. The summed E-state index contributed by atoms with van der Waals surface area (Å²) >= 11 is 7.80. The number of fused-ring (bicyclic) bond motifs is 10. The van der Waals surface area contributed by atoms with Crippen molar-refractivity contribution in [3.8, 4) is 0 Å². The molecule has 0 unspecified atom stereocenters. The van der Waals surface area contributed by atoms with Crippen molar-refractivity contribution < 1.29 is 20.4 Å². The fourth-order valence-electron chi connectivity index (χ4n) is 5.31. The minimum Gasteiger partial charge on any atom is -0.655 e. The van der Waals surface area contributed by atoms with Crippen molar-refractivity contribution in [2.45, 2.75) is 79.1 Å². The molecule has 39 heavy (non-hydrogen) atoms. The van der Waals surface area contributed by atoms with E-state index in [0.717, 1.165) is 105 Å². The van der Waals surface area contributed by atoms with Crippen LogP contribution in [0.15, 0.2) is 33.2 Å². The molecule has 5 heterocycles. The van der Waals surface area contributed by atoms with Gasteiger partial charge in [-0.1, -0.05) is 108 Å². The van der Waals surface area contributed by atoms with Gasteiger partial charge in [0.05, 0.1) is 22.8 Å². The summed E-state index contributed by atoms with van der Waals surface area (Å²) in [5.41, 5.74) is 12.6. The molecule has 0 fully saturated rings. The van der Waals surface area contributed by atoms with Crippen LogP contribution in [0.1, 0.15) is 100 Å². The van der Waals surface area contributed by atoms with Gasteiger partial charge in [-0.15, -0.1) is 11.0 Å². The molecule has 8 bridgehead atoms. The van der Waals surface area contributed by atoms with Gasteiger partial charge in [-0.05, 0) is 72.2 Å². The maximum atomic E-state index is 5.10. The third kappa shape index (κ3) is 5.98. The largest absolute Gasteiger partial charge is 2.00 e. The summed E-state index contributed by atoms with van der Waals surface area (Å²) in [7, 11) is 0. The summed E-state index contributed by atoms with van der Waals surface area (Å²) in [4.78, 5) is 20.4. The molecule has 0 spiro atoms. The number of aryl methyl sites for hydroxylation is 2. The van der Waals surface area contributed by atoms with E-state index in [9.17, 15) is 0 Å². The molecule has 0 aliphatic carbocycles. The van der Waals surface area contributed by atoms with Crippen LogP contribution in [0.3, 0.4) is 0 Å². The van der Waals surface area contributed by atoms with Crippen LogP contribution in [-0.2, 0) is 33.3 Å². The van der Waals surface area contributed by atoms with Gasteiger partial charge >= 0.3 is 20.4 Å². The Balaban J connectivity index is 0.00000353. The average molecular weight is 741 g/mol. The van der Waals surface area contributed by atoms with Crippen LogP contribution in [0.4, 0.5) is 0 Å². The van der Waals surface area contributed by atoms with Gasteiger partial charge in [0.1, 0.15) is 0 Å². The Kier molecular flexibility index (Phi) is 10.3. The van der Waals surface area contributed by atoms with Crippen LogP contribution in [0.25, 0.3) is 45.4 Å². The van der Waals surface area contributed by atoms with E-state index in [4.69, 9.17) is 19.9 Å². The van der Waals surface area contributed by atoms with Crippen molar-refractivity contribution in [2.75, 3.05) is 0 Å². The summed E-state index contributed by atoms with van der Waals surface area (Å²) in [5, 5.41) is 0. The molecule has 3 aromatic rings. The van der Waals surface area contributed by atoms with Crippen molar-refractivity contribution in [3.05, 3.63) is 67.1 Å². The number of hydrogen-bond donors (Lipinski definition) is 0. The first-order valence-electron chi connectivity index (χ1n) is 13.9. The van der Waals surface area contributed by atoms with Crippen LogP contribution < -0.4 is 9.97 Å². The molecule has 0 atom stereocenters. The van der Waals surface area contributed by atoms with E-state index in [1.165, 1.54) is 22.3 Å². The van der Waals surface area contributed by atoms with Crippen molar-refractivity contribution in [1.29, 1.82) is 0 Å². The molecule has 206 valence electrons. The second-order valence-corrected chi connectivity index (χ2v) is 11.6. The number of aromatic nitrogens is 4. The molecule has 4 nitrogen and oxygen atoms in total. The fraction of sp³-hybridized carbons (Fsp3) is 0.375. The van der Waals surface area contributed by atoms with Gasteiger partial charge in [-0.2, -0.15) is 0 Å². The Bertz CT molecular complexity index is 1470. The van der Waals surface area contributed by atoms with E-state index in [1.807, 2.05) is 0 Å². The number of nitrogens with zero attached hydrogens (tertiary/aromatic N) is 4. The van der Waals surface area contributed by atoms with E-state index >= 15 is 0 Å². The Morgan fingerprint density at radius 3 is 1.33 bits per heavy atom. The minimum atomic E-state index is 0. The summed E-state index contributed by atoms with van der Waals surface area (Å²) in [6.45, 7) is 8.84. The van der Waals surface area contributed by atoms with Crippen LogP contribution in [0.5, 0.6) is 0 Å². The van der Waals surface area contributed by atoms with Crippen molar-refractivity contribution in [1.82, 2.24) is 19.9 Å².